The van der Waals surface area contributed by atoms with Crippen LogP contribution in [0.3, 0.4) is 0 Å². The molecule has 2 heterocycles. The Morgan fingerprint density at radius 1 is 1.13 bits per heavy atom. The van der Waals surface area contributed by atoms with Gasteiger partial charge in [0.05, 0.1) is 11.5 Å². The molecule has 2 fully saturated rings. The minimum Gasteiger partial charge on any atom is -0.339 e. The zero-order valence-corrected chi connectivity index (χ0v) is 14.3. The van der Waals surface area contributed by atoms with E-state index in [0.717, 1.165) is 25.8 Å². The summed E-state index contributed by atoms with van der Waals surface area (Å²) in [6.07, 6.45) is 5.20. The molecule has 126 valence electrons. The number of nitrogens with zero attached hydrogens (tertiary/aromatic N) is 1. The molecule has 0 unspecified atom stereocenters. The second-order valence-electron chi connectivity index (χ2n) is 6.90. The summed E-state index contributed by atoms with van der Waals surface area (Å²) < 4.78 is 23.2. The van der Waals surface area contributed by atoms with Crippen molar-refractivity contribution in [2.45, 2.75) is 44.6 Å². The quantitative estimate of drug-likeness (QED) is 0.849. The second kappa shape index (κ2) is 7.04. The van der Waals surface area contributed by atoms with Gasteiger partial charge >= 0.3 is 0 Å². The van der Waals surface area contributed by atoms with Crippen molar-refractivity contribution in [2.24, 2.45) is 5.92 Å². The van der Waals surface area contributed by atoms with E-state index >= 15 is 0 Å². The Labute approximate surface area is 138 Å². The lowest BCUT2D eigenvalue weighted by Gasteiger charge is -2.36. The summed E-state index contributed by atoms with van der Waals surface area (Å²) in [5, 5.41) is 0. The van der Waals surface area contributed by atoms with Gasteiger partial charge in [0.2, 0.25) is 5.91 Å². The fraction of sp³-hybridized carbons (Fsp3) is 0.611. The van der Waals surface area contributed by atoms with Crippen LogP contribution in [-0.4, -0.2) is 43.3 Å². The molecule has 0 aliphatic carbocycles. The first kappa shape index (κ1) is 16.5. The van der Waals surface area contributed by atoms with Crippen molar-refractivity contribution in [3.63, 3.8) is 0 Å². The van der Waals surface area contributed by atoms with E-state index in [1.807, 2.05) is 23.1 Å². The molecule has 0 spiro atoms. The molecule has 23 heavy (non-hydrogen) atoms. The van der Waals surface area contributed by atoms with Gasteiger partial charge in [-0.05, 0) is 43.6 Å². The molecule has 0 bridgehead atoms. The maximum Gasteiger partial charge on any atom is 0.223 e. The first-order valence-corrected chi connectivity index (χ1v) is 10.4. The van der Waals surface area contributed by atoms with Gasteiger partial charge in [0.15, 0.2) is 9.84 Å². The standard InChI is InChI=1S/C18H25NO3S/c20-18(13-16-9-11-23(21,22)14-16)19-10-5-4-8-17(19)12-15-6-2-1-3-7-15/h1-3,6-7,16-17H,4-5,8-14H2/t16-,17+/m1/s1. The molecule has 1 aromatic carbocycles. The Morgan fingerprint density at radius 3 is 2.61 bits per heavy atom. The minimum atomic E-state index is -2.90. The number of hydrogen-bond donors (Lipinski definition) is 0. The summed E-state index contributed by atoms with van der Waals surface area (Å²) in [6, 6.07) is 10.6. The maximum atomic E-state index is 12.7. The van der Waals surface area contributed by atoms with E-state index < -0.39 is 9.84 Å². The van der Waals surface area contributed by atoms with Crippen LogP contribution in [0.15, 0.2) is 30.3 Å². The van der Waals surface area contributed by atoms with Gasteiger partial charge in [-0.3, -0.25) is 4.79 Å². The maximum absolute atomic E-state index is 12.7. The summed E-state index contributed by atoms with van der Waals surface area (Å²) in [6.45, 7) is 0.815. The summed E-state index contributed by atoms with van der Waals surface area (Å²) in [7, 11) is -2.90. The zero-order valence-electron chi connectivity index (χ0n) is 13.5. The summed E-state index contributed by atoms with van der Waals surface area (Å²) >= 11 is 0. The van der Waals surface area contributed by atoms with Gasteiger partial charge in [0.25, 0.3) is 0 Å². The second-order valence-corrected chi connectivity index (χ2v) is 9.13. The molecular formula is C18H25NO3S. The Kier molecular flexibility index (Phi) is 5.05. The number of hydrogen-bond acceptors (Lipinski definition) is 3. The topological polar surface area (TPSA) is 54.5 Å². The van der Waals surface area contributed by atoms with Gasteiger partial charge in [-0.1, -0.05) is 30.3 Å². The van der Waals surface area contributed by atoms with E-state index in [1.54, 1.807) is 0 Å². The highest BCUT2D eigenvalue weighted by Crippen LogP contribution is 2.26. The van der Waals surface area contributed by atoms with E-state index in [4.69, 9.17) is 0 Å². The van der Waals surface area contributed by atoms with Crippen molar-refractivity contribution < 1.29 is 13.2 Å². The average Bonchev–Trinajstić information content (AvgIpc) is 2.87. The molecule has 2 aliphatic rings. The lowest BCUT2D eigenvalue weighted by molar-refractivity contribution is -0.135. The van der Waals surface area contributed by atoms with E-state index in [0.29, 0.717) is 12.8 Å². The van der Waals surface area contributed by atoms with Crippen LogP contribution in [0.25, 0.3) is 0 Å². The largest absolute Gasteiger partial charge is 0.339 e. The number of likely N-dealkylation sites (tertiary alicyclic amines) is 1. The van der Waals surface area contributed by atoms with Gasteiger partial charge in [-0.15, -0.1) is 0 Å². The molecule has 0 aromatic heterocycles. The fourth-order valence-corrected chi connectivity index (χ4v) is 5.69. The first-order valence-electron chi connectivity index (χ1n) is 8.57. The van der Waals surface area contributed by atoms with Crippen LogP contribution >= 0.6 is 0 Å². The molecule has 2 aliphatic heterocycles. The molecule has 2 atom stereocenters. The lowest BCUT2D eigenvalue weighted by atomic mass is 9.94. The Bertz CT molecular complexity index is 641. The highest BCUT2D eigenvalue weighted by molar-refractivity contribution is 7.91. The van der Waals surface area contributed by atoms with E-state index in [2.05, 4.69) is 12.1 Å². The number of carbonyl (C=O) groups excluding carboxylic acids is 1. The van der Waals surface area contributed by atoms with Crippen LogP contribution in [0.5, 0.6) is 0 Å². The van der Waals surface area contributed by atoms with Crippen LogP contribution in [0.4, 0.5) is 0 Å². The van der Waals surface area contributed by atoms with Gasteiger partial charge in [-0.2, -0.15) is 0 Å². The molecule has 0 saturated carbocycles. The van der Waals surface area contributed by atoms with Crippen LogP contribution in [0.1, 0.15) is 37.7 Å². The van der Waals surface area contributed by atoms with Crippen LogP contribution in [-0.2, 0) is 21.1 Å². The predicted octanol–water partition coefficient (Wildman–Crippen LogP) is 2.43. The highest BCUT2D eigenvalue weighted by Gasteiger charge is 2.33. The third kappa shape index (κ3) is 4.34. The predicted molar refractivity (Wildman–Crippen MR) is 90.9 cm³/mol. The van der Waals surface area contributed by atoms with E-state index in [1.165, 1.54) is 12.0 Å². The SMILES string of the molecule is O=C(C[C@H]1CCS(=O)(=O)C1)N1CCCC[C@H]1Cc1ccccc1. The summed E-state index contributed by atoms with van der Waals surface area (Å²) in [4.78, 5) is 14.7. The van der Waals surface area contributed by atoms with Crippen LogP contribution in [0.2, 0.25) is 0 Å². The number of benzene rings is 1. The molecule has 2 saturated heterocycles. The molecule has 1 aromatic rings. The van der Waals surface area contributed by atoms with E-state index in [9.17, 15) is 13.2 Å². The van der Waals surface area contributed by atoms with Crippen molar-refractivity contribution in [1.29, 1.82) is 0 Å². The number of carbonyl (C=O) groups is 1. The molecule has 5 heteroatoms. The Morgan fingerprint density at radius 2 is 1.91 bits per heavy atom. The monoisotopic (exact) mass is 335 g/mol. The summed E-state index contributed by atoms with van der Waals surface area (Å²) in [5.41, 5.74) is 1.26. The first-order chi connectivity index (χ1) is 11.0. The van der Waals surface area contributed by atoms with Crippen molar-refractivity contribution in [2.75, 3.05) is 18.1 Å². The number of sulfone groups is 1. The molecule has 3 rings (SSSR count). The number of amides is 1. The van der Waals surface area contributed by atoms with Gasteiger partial charge < -0.3 is 4.90 Å². The third-order valence-corrected chi connectivity index (χ3v) is 6.89. The van der Waals surface area contributed by atoms with Crippen LogP contribution in [0, 0.1) is 5.92 Å². The van der Waals surface area contributed by atoms with Crippen molar-refractivity contribution in [1.82, 2.24) is 4.90 Å². The number of rotatable bonds is 4. The van der Waals surface area contributed by atoms with Crippen molar-refractivity contribution in [3.05, 3.63) is 35.9 Å². The molecule has 1 amide bonds. The smallest absolute Gasteiger partial charge is 0.223 e. The normalized spacial score (nSPS) is 27.0. The lowest BCUT2D eigenvalue weighted by Crippen LogP contribution is -2.45. The van der Waals surface area contributed by atoms with Gasteiger partial charge in [-0.25, -0.2) is 8.42 Å². The third-order valence-electron chi connectivity index (χ3n) is 5.05. The molecule has 0 N–H and O–H groups in total. The van der Waals surface area contributed by atoms with Crippen LogP contribution < -0.4 is 0 Å². The molecule has 0 radical (unpaired) electrons. The Hall–Kier alpha value is -1.36. The zero-order chi connectivity index (χ0) is 16.3. The minimum absolute atomic E-state index is 0.0202. The van der Waals surface area contributed by atoms with Crippen molar-refractivity contribution in [3.8, 4) is 0 Å². The highest BCUT2D eigenvalue weighted by atomic mass is 32.2. The summed E-state index contributed by atoms with van der Waals surface area (Å²) in [5.74, 6) is 0.605. The van der Waals surface area contributed by atoms with Crippen molar-refractivity contribution >= 4 is 15.7 Å². The van der Waals surface area contributed by atoms with Gasteiger partial charge in [0, 0.05) is 19.0 Å². The Balaban J connectivity index is 1.62. The molecular weight excluding hydrogens is 310 g/mol. The van der Waals surface area contributed by atoms with E-state index in [-0.39, 0.29) is 29.4 Å². The van der Waals surface area contributed by atoms with Gasteiger partial charge in [0.1, 0.15) is 0 Å². The fourth-order valence-electron chi connectivity index (χ4n) is 3.82. The molecule has 4 nitrogen and oxygen atoms in total. The number of piperidine rings is 1. The average molecular weight is 335 g/mol.